The first kappa shape index (κ1) is 14.7. The predicted molar refractivity (Wildman–Crippen MR) is 93.5 cm³/mol. The molecule has 3 heteroatoms. The summed E-state index contributed by atoms with van der Waals surface area (Å²) in [7, 11) is 0. The van der Waals surface area contributed by atoms with Gasteiger partial charge in [-0.3, -0.25) is 9.78 Å². The van der Waals surface area contributed by atoms with Crippen molar-refractivity contribution >= 4 is 16.7 Å². The van der Waals surface area contributed by atoms with Gasteiger partial charge < -0.3 is 5.32 Å². The summed E-state index contributed by atoms with van der Waals surface area (Å²) in [6, 6.07) is 19.3. The normalized spacial score (nSPS) is 19.4. The van der Waals surface area contributed by atoms with Crippen LogP contribution in [-0.4, -0.2) is 10.9 Å². The van der Waals surface area contributed by atoms with Gasteiger partial charge in [0.25, 0.3) is 0 Å². The Balaban J connectivity index is 1.76. The molecule has 0 radical (unpaired) electrons. The van der Waals surface area contributed by atoms with Crippen molar-refractivity contribution in [3.05, 3.63) is 77.6 Å². The molecular weight excluding hydrogens is 296 g/mol. The number of carbonyl (C=O) groups excluding carboxylic acids is 1. The molecule has 1 N–H and O–H groups in total. The number of nitrogens with zero attached hydrogens (tertiary/aromatic N) is 1. The van der Waals surface area contributed by atoms with Crippen LogP contribution in [0.25, 0.3) is 10.8 Å². The molecule has 1 aliphatic carbocycles. The van der Waals surface area contributed by atoms with Crippen LogP contribution in [0.2, 0.25) is 0 Å². The van der Waals surface area contributed by atoms with E-state index in [1.54, 1.807) is 6.92 Å². The van der Waals surface area contributed by atoms with E-state index in [0.717, 1.165) is 29.2 Å². The summed E-state index contributed by atoms with van der Waals surface area (Å²) in [5, 5.41) is 5.20. The van der Waals surface area contributed by atoms with Crippen LogP contribution >= 0.6 is 0 Å². The molecule has 2 aromatic carbocycles. The average Bonchev–Trinajstić information content (AvgIpc) is 2.61. The number of pyridine rings is 1. The summed E-state index contributed by atoms with van der Waals surface area (Å²) in [4.78, 5) is 15.6. The van der Waals surface area contributed by atoms with Crippen LogP contribution in [0.5, 0.6) is 0 Å². The minimum Gasteiger partial charge on any atom is -0.350 e. The Bertz CT molecular complexity index is 903. The topological polar surface area (TPSA) is 42.0 Å². The van der Waals surface area contributed by atoms with E-state index in [9.17, 15) is 4.79 Å². The highest BCUT2D eigenvalue weighted by atomic mass is 16.1. The molecule has 3 nitrogen and oxygen atoms in total. The van der Waals surface area contributed by atoms with E-state index in [1.807, 2.05) is 24.5 Å². The lowest BCUT2D eigenvalue weighted by atomic mass is 9.77. The fraction of sp³-hybridized carbons (Fsp3) is 0.238. The quantitative estimate of drug-likeness (QED) is 0.778. The zero-order valence-electron chi connectivity index (χ0n) is 13.5. The SMILES string of the molecule is CC(=O)N[C@@H]1CCC(c2c#cc3cnccc3c2)c2ccccc21. The Morgan fingerprint density at radius 1 is 1.17 bits per heavy atom. The summed E-state index contributed by atoms with van der Waals surface area (Å²) >= 11 is 0. The summed E-state index contributed by atoms with van der Waals surface area (Å²) in [6.07, 6.45) is 5.55. The van der Waals surface area contributed by atoms with Crippen molar-refractivity contribution < 1.29 is 4.79 Å². The Morgan fingerprint density at radius 3 is 2.83 bits per heavy atom. The zero-order chi connectivity index (χ0) is 16.5. The molecule has 24 heavy (non-hydrogen) atoms. The lowest BCUT2D eigenvalue weighted by molar-refractivity contribution is -0.119. The molecule has 0 fully saturated rings. The molecule has 1 unspecified atom stereocenters. The minimum atomic E-state index is 0.0198. The molecule has 2 atom stereocenters. The van der Waals surface area contributed by atoms with Gasteiger partial charge in [-0.2, -0.15) is 0 Å². The number of aromatic nitrogens is 1. The molecule has 118 valence electrons. The van der Waals surface area contributed by atoms with Gasteiger partial charge in [0.2, 0.25) is 5.91 Å². The van der Waals surface area contributed by atoms with Crippen LogP contribution in [-0.2, 0) is 4.79 Å². The van der Waals surface area contributed by atoms with Gasteiger partial charge in [0.1, 0.15) is 0 Å². The molecule has 0 saturated heterocycles. The molecule has 1 aliphatic rings. The van der Waals surface area contributed by atoms with E-state index < -0.39 is 0 Å². The molecule has 1 amide bonds. The Morgan fingerprint density at radius 2 is 2.00 bits per heavy atom. The molecule has 3 aromatic rings. The van der Waals surface area contributed by atoms with E-state index >= 15 is 0 Å². The highest BCUT2D eigenvalue weighted by Gasteiger charge is 2.28. The van der Waals surface area contributed by atoms with E-state index in [4.69, 9.17) is 0 Å². The van der Waals surface area contributed by atoms with Crippen LogP contribution in [0.3, 0.4) is 0 Å². The summed E-state index contributed by atoms with van der Waals surface area (Å²) in [5.41, 5.74) is 3.65. The predicted octanol–water partition coefficient (Wildman–Crippen LogP) is 3.94. The van der Waals surface area contributed by atoms with Crippen LogP contribution in [0, 0.1) is 12.1 Å². The Kier molecular flexibility index (Phi) is 3.66. The van der Waals surface area contributed by atoms with Crippen molar-refractivity contribution in [1.29, 1.82) is 0 Å². The third kappa shape index (κ3) is 2.61. The number of amides is 1. The highest BCUT2D eigenvalue weighted by molar-refractivity contribution is 5.80. The number of carbonyl (C=O) groups is 1. The third-order valence-corrected chi connectivity index (χ3v) is 4.75. The van der Waals surface area contributed by atoms with Crippen molar-refractivity contribution in [3.8, 4) is 0 Å². The Hall–Kier alpha value is -2.86. The number of nitrogens with one attached hydrogen (secondary N) is 1. The molecule has 1 aromatic heterocycles. The van der Waals surface area contributed by atoms with Crippen LogP contribution in [0.1, 0.15) is 48.4 Å². The maximum absolute atomic E-state index is 11.5. The van der Waals surface area contributed by atoms with Crippen molar-refractivity contribution in [2.45, 2.75) is 31.7 Å². The molecule has 0 saturated carbocycles. The largest absolute Gasteiger partial charge is 0.350 e. The maximum atomic E-state index is 11.5. The van der Waals surface area contributed by atoms with Gasteiger partial charge in [-0.15, -0.1) is 0 Å². The minimum absolute atomic E-state index is 0.0198. The number of hydrogen-bond acceptors (Lipinski definition) is 2. The van der Waals surface area contributed by atoms with Crippen molar-refractivity contribution in [1.82, 2.24) is 10.3 Å². The summed E-state index contributed by atoms with van der Waals surface area (Å²) in [6.45, 7) is 1.58. The second-order valence-corrected chi connectivity index (χ2v) is 6.32. The van der Waals surface area contributed by atoms with Gasteiger partial charge in [-0.1, -0.05) is 36.4 Å². The van der Waals surface area contributed by atoms with Gasteiger partial charge in [0.15, 0.2) is 0 Å². The van der Waals surface area contributed by atoms with Crippen LogP contribution in [0.15, 0.2) is 48.8 Å². The molecular formula is C21H18N2O. The highest BCUT2D eigenvalue weighted by Crippen LogP contribution is 2.41. The standard InChI is InChI=1S/C21H18N2O/c1-14(24)23-21-9-8-18(19-4-2-3-5-20(19)21)16-6-7-17-13-22-11-10-15(17)12-16/h2-5,10-13,18,21H,8-9H2,1H3,(H,23,24)/t18?,21-/m1/s1. The summed E-state index contributed by atoms with van der Waals surface area (Å²) < 4.78 is 0. The molecule has 0 aliphatic heterocycles. The summed E-state index contributed by atoms with van der Waals surface area (Å²) in [5.74, 6) is 0.311. The lowest BCUT2D eigenvalue weighted by Gasteiger charge is -2.31. The van der Waals surface area contributed by atoms with Gasteiger partial charge in [0.05, 0.1) is 11.4 Å². The first-order valence-electron chi connectivity index (χ1n) is 8.26. The van der Waals surface area contributed by atoms with E-state index in [1.165, 1.54) is 11.1 Å². The smallest absolute Gasteiger partial charge is 0.217 e. The fourth-order valence-electron chi connectivity index (χ4n) is 3.67. The monoisotopic (exact) mass is 314 g/mol. The first-order valence-corrected chi connectivity index (χ1v) is 8.26. The average molecular weight is 314 g/mol. The molecule has 4 rings (SSSR count). The maximum Gasteiger partial charge on any atom is 0.217 e. The van der Waals surface area contributed by atoms with Gasteiger partial charge in [-0.25, -0.2) is 0 Å². The molecule has 0 bridgehead atoms. The van der Waals surface area contributed by atoms with Gasteiger partial charge in [-0.05, 0) is 41.5 Å². The van der Waals surface area contributed by atoms with E-state index in [0.29, 0.717) is 5.92 Å². The second-order valence-electron chi connectivity index (χ2n) is 6.32. The fourth-order valence-corrected chi connectivity index (χ4v) is 3.67. The second kappa shape index (κ2) is 5.98. The number of benzene rings is 1. The van der Waals surface area contributed by atoms with Gasteiger partial charge >= 0.3 is 0 Å². The van der Waals surface area contributed by atoms with Crippen LogP contribution < -0.4 is 5.32 Å². The Labute approximate surface area is 141 Å². The van der Waals surface area contributed by atoms with Gasteiger partial charge in [0, 0.05) is 30.8 Å². The van der Waals surface area contributed by atoms with Crippen LogP contribution in [0.4, 0.5) is 0 Å². The third-order valence-electron chi connectivity index (χ3n) is 4.75. The lowest BCUT2D eigenvalue weighted by Crippen LogP contribution is -2.30. The van der Waals surface area contributed by atoms with Crippen molar-refractivity contribution in [2.24, 2.45) is 0 Å². The number of rotatable bonds is 2. The molecule has 0 spiro atoms. The van der Waals surface area contributed by atoms with Crippen molar-refractivity contribution in [3.63, 3.8) is 0 Å². The first-order chi connectivity index (χ1) is 11.7. The van der Waals surface area contributed by atoms with Crippen molar-refractivity contribution in [2.75, 3.05) is 0 Å². The number of fused-ring (bicyclic) bond motifs is 2. The number of hydrogen-bond donors (Lipinski definition) is 1. The van der Waals surface area contributed by atoms with E-state index in [2.05, 4.69) is 46.7 Å². The zero-order valence-corrected chi connectivity index (χ0v) is 13.5. The molecule has 1 heterocycles. The van der Waals surface area contributed by atoms with E-state index in [-0.39, 0.29) is 11.9 Å².